The van der Waals surface area contributed by atoms with Crippen molar-refractivity contribution in [1.29, 1.82) is 0 Å². The molecule has 0 fully saturated rings. The molecule has 1 aromatic heterocycles. The number of halogens is 2. The summed E-state index contributed by atoms with van der Waals surface area (Å²) in [4.78, 5) is 15.3. The number of phenols is 1. The van der Waals surface area contributed by atoms with Gasteiger partial charge in [-0.25, -0.2) is 13.8 Å². The van der Waals surface area contributed by atoms with E-state index in [0.717, 1.165) is 24.4 Å². The molecule has 0 saturated carbocycles. The topological polar surface area (TPSA) is 62.2 Å². The minimum atomic E-state index is -0.852. The fraction of sp³-hybridized carbons (Fsp3) is 0. The van der Waals surface area contributed by atoms with Crippen LogP contribution in [0.15, 0.2) is 36.5 Å². The molecule has 18 heavy (non-hydrogen) atoms. The molecule has 1 heterocycles. The highest BCUT2D eigenvalue weighted by Crippen LogP contribution is 2.16. The summed E-state index contributed by atoms with van der Waals surface area (Å²) < 4.78 is 26.0. The standard InChI is InChI=1S/C12H8F2N2O2/c13-7-1-4-11(15-6-7)16-12(18)9-3-2-8(17)5-10(9)14/h1-6,17H,(H,15,16,18). The van der Waals surface area contributed by atoms with Crippen LogP contribution in [0.2, 0.25) is 0 Å². The van der Waals surface area contributed by atoms with Crippen molar-refractivity contribution in [3.8, 4) is 5.75 Å². The Kier molecular flexibility index (Phi) is 3.18. The van der Waals surface area contributed by atoms with E-state index in [1.807, 2.05) is 0 Å². The summed E-state index contributed by atoms with van der Waals surface area (Å²) in [6, 6.07) is 5.54. The van der Waals surface area contributed by atoms with E-state index < -0.39 is 17.5 Å². The molecular weight excluding hydrogens is 242 g/mol. The third-order valence-electron chi connectivity index (χ3n) is 2.17. The number of amides is 1. The quantitative estimate of drug-likeness (QED) is 0.859. The SMILES string of the molecule is O=C(Nc1ccc(F)cn1)c1ccc(O)cc1F. The number of pyridine rings is 1. The van der Waals surface area contributed by atoms with E-state index >= 15 is 0 Å². The van der Waals surface area contributed by atoms with Gasteiger partial charge in [-0.15, -0.1) is 0 Å². The Balaban J connectivity index is 2.19. The number of nitrogens with zero attached hydrogens (tertiary/aromatic N) is 1. The fourth-order valence-electron chi connectivity index (χ4n) is 1.32. The minimum absolute atomic E-state index is 0.105. The number of aromatic nitrogens is 1. The van der Waals surface area contributed by atoms with Crippen LogP contribution in [0.1, 0.15) is 10.4 Å². The van der Waals surface area contributed by atoms with Crippen LogP contribution in [0, 0.1) is 11.6 Å². The Labute approximate surface area is 101 Å². The first-order valence-electron chi connectivity index (χ1n) is 4.97. The van der Waals surface area contributed by atoms with Gasteiger partial charge in [0.1, 0.15) is 23.2 Å². The van der Waals surface area contributed by atoms with Gasteiger partial charge >= 0.3 is 0 Å². The molecule has 0 aliphatic heterocycles. The maximum atomic E-state index is 13.4. The van der Waals surface area contributed by atoms with Gasteiger partial charge in [-0.05, 0) is 24.3 Å². The van der Waals surface area contributed by atoms with Crippen molar-refractivity contribution in [2.24, 2.45) is 0 Å². The molecule has 4 nitrogen and oxygen atoms in total. The van der Waals surface area contributed by atoms with Gasteiger partial charge in [-0.3, -0.25) is 4.79 Å². The molecule has 0 spiro atoms. The Morgan fingerprint density at radius 1 is 1.22 bits per heavy atom. The van der Waals surface area contributed by atoms with E-state index in [1.165, 1.54) is 12.1 Å². The smallest absolute Gasteiger partial charge is 0.259 e. The average molecular weight is 250 g/mol. The van der Waals surface area contributed by atoms with Gasteiger partial charge in [-0.2, -0.15) is 0 Å². The first-order chi connectivity index (χ1) is 8.56. The van der Waals surface area contributed by atoms with Crippen LogP contribution in [0.4, 0.5) is 14.6 Å². The monoisotopic (exact) mass is 250 g/mol. The van der Waals surface area contributed by atoms with E-state index in [2.05, 4.69) is 10.3 Å². The van der Waals surface area contributed by atoms with E-state index in [0.29, 0.717) is 0 Å². The zero-order valence-electron chi connectivity index (χ0n) is 9.02. The Morgan fingerprint density at radius 2 is 2.00 bits per heavy atom. The van der Waals surface area contributed by atoms with Crippen molar-refractivity contribution in [1.82, 2.24) is 4.98 Å². The second kappa shape index (κ2) is 4.79. The van der Waals surface area contributed by atoms with Gasteiger partial charge in [0.15, 0.2) is 0 Å². The Morgan fingerprint density at radius 3 is 2.61 bits per heavy atom. The van der Waals surface area contributed by atoms with Crippen molar-refractivity contribution in [2.75, 3.05) is 5.32 Å². The van der Waals surface area contributed by atoms with Crippen LogP contribution < -0.4 is 5.32 Å². The highest BCUT2D eigenvalue weighted by atomic mass is 19.1. The highest BCUT2D eigenvalue weighted by molar-refractivity contribution is 6.04. The molecule has 1 aromatic carbocycles. The van der Waals surface area contributed by atoms with Crippen molar-refractivity contribution in [2.45, 2.75) is 0 Å². The number of anilines is 1. The number of nitrogens with one attached hydrogen (secondary N) is 1. The first kappa shape index (κ1) is 12.0. The number of aromatic hydroxyl groups is 1. The Bertz CT molecular complexity index is 585. The molecule has 6 heteroatoms. The van der Waals surface area contributed by atoms with Crippen molar-refractivity contribution < 1.29 is 18.7 Å². The molecule has 2 aromatic rings. The third kappa shape index (κ3) is 2.60. The van der Waals surface area contributed by atoms with Crippen LogP contribution in [0.25, 0.3) is 0 Å². The Hall–Kier alpha value is -2.50. The van der Waals surface area contributed by atoms with E-state index in [-0.39, 0.29) is 17.1 Å². The van der Waals surface area contributed by atoms with Gasteiger partial charge in [0.05, 0.1) is 11.8 Å². The largest absolute Gasteiger partial charge is 0.508 e. The van der Waals surface area contributed by atoms with Crippen LogP contribution in [-0.2, 0) is 0 Å². The molecule has 0 radical (unpaired) electrons. The summed E-state index contributed by atoms with van der Waals surface area (Å²) in [7, 11) is 0. The molecule has 2 rings (SSSR count). The maximum absolute atomic E-state index is 13.4. The molecule has 0 aliphatic carbocycles. The zero-order chi connectivity index (χ0) is 13.1. The summed E-state index contributed by atoms with van der Waals surface area (Å²) in [5, 5.41) is 11.3. The molecule has 0 unspecified atom stereocenters. The number of hydrogen-bond acceptors (Lipinski definition) is 3. The number of carbonyl (C=O) groups is 1. The van der Waals surface area contributed by atoms with Crippen molar-refractivity contribution >= 4 is 11.7 Å². The average Bonchev–Trinajstić information content (AvgIpc) is 2.32. The van der Waals surface area contributed by atoms with Crippen molar-refractivity contribution in [3.63, 3.8) is 0 Å². The third-order valence-corrected chi connectivity index (χ3v) is 2.17. The fourth-order valence-corrected chi connectivity index (χ4v) is 1.32. The summed E-state index contributed by atoms with van der Waals surface area (Å²) in [6.45, 7) is 0. The summed E-state index contributed by atoms with van der Waals surface area (Å²) in [5.74, 6) is -2.29. The molecular formula is C12H8F2N2O2. The van der Waals surface area contributed by atoms with E-state index in [9.17, 15) is 13.6 Å². The van der Waals surface area contributed by atoms with E-state index in [4.69, 9.17) is 5.11 Å². The lowest BCUT2D eigenvalue weighted by Gasteiger charge is -2.05. The number of carbonyl (C=O) groups excluding carboxylic acids is 1. The first-order valence-corrected chi connectivity index (χ1v) is 4.97. The van der Waals surface area contributed by atoms with Crippen molar-refractivity contribution in [3.05, 3.63) is 53.7 Å². The molecule has 1 amide bonds. The normalized spacial score (nSPS) is 10.1. The van der Waals surface area contributed by atoms with Crippen LogP contribution >= 0.6 is 0 Å². The van der Waals surface area contributed by atoms with E-state index in [1.54, 1.807) is 0 Å². The minimum Gasteiger partial charge on any atom is -0.508 e. The number of hydrogen-bond donors (Lipinski definition) is 2. The number of benzene rings is 1. The van der Waals surface area contributed by atoms with Gasteiger partial charge in [0.2, 0.25) is 0 Å². The second-order valence-corrected chi connectivity index (χ2v) is 3.48. The van der Waals surface area contributed by atoms with Crippen LogP contribution in [-0.4, -0.2) is 16.0 Å². The lowest BCUT2D eigenvalue weighted by atomic mass is 10.2. The molecule has 2 N–H and O–H groups in total. The van der Waals surface area contributed by atoms with Crippen LogP contribution in [0.3, 0.4) is 0 Å². The van der Waals surface area contributed by atoms with Gasteiger partial charge in [-0.1, -0.05) is 0 Å². The summed E-state index contributed by atoms with van der Waals surface area (Å²) in [5.41, 5.74) is -0.237. The second-order valence-electron chi connectivity index (χ2n) is 3.48. The predicted molar refractivity (Wildman–Crippen MR) is 60.2 cm³/mol. The predicted octanol–water partition coefficient (Wildman–Crippen LogP) is 2.32. The number of rotatable bonds is 2. The molecule has 0 bridgehead atoms. The molecule has 92 valence electrons. The molecule has 0 atom stereocenters. The van der Waals surface area contributed by atoms with Gasteiger partial charge in [0, 0.05) is 6.07 Å². The molecule has 0 aliphatic rings. The lowest BCUT2D eigenvalue weighted by Crippen LogP contribution is -2.14. The lowest BCUT2D eigenvalue weighted by molar-refractivity contribution is 0.102. The highest BCUT2D eigenvalue weighted by Gasteiger charge is 2.12. The molecule has 0 saturated heterocycles. The maximum Gasteiger partial charge on any atom is 0.259 e. The summed E-state index contributed by atoms with van der Waals surface area (Å²) in [6.07, 6.45) is 0.933. The number of phenolic OH excluding ortho intramolecular Hbond substituents is 1. The van der Waals surface area contributed by atoms with Gasteiger partial charge < -0.3 is 10.4 Å². The van der Waals surface area contributed by atoms with Gasteiger partial charge in [0.25, 0.3) is 5.91 Å². The summed E-state index contributed by atoms with van der Waals surface area (Å²) >= 11 is 0. The van der Waals surface area contributed by atoms with Crippen LogP contribution in [0.5, 0.6) is 5.75 Å². The zero-order valence-corrected chi connectivity index (χ0v) is 9.02.